The first-order valence-electron chi connectivity index (χ1n) is 8.31. The van der Waals surface area contributed by atoms with E-state index in [1.165, 1.54) is 11.8 Å². The van der Waals surface area contributed by atoms with Crippen molar-refractivity contribution >= 4 is 9.84 Å². The van der Waals surface area contributed by atoms with E-state index in [2.05, 4.69) is 11.4 Å². The zero-order valence-corrected chi connectivity index (χ0v) is 14.5. The van der Waals surface area contributed by atoms with Gasteiger partial charge in [0.15, 0.2) is 9.84 Å². The molecular weight excluding hydrogens is 322 g/mol. The van der Waals surface area contributed by atoms with E-state index in [4.69, 9.17) is 4.74 Å². The number of rotatable bonds is 2. The van der Waals surface area contributed by atoms with Crippen LogP contribution in [0.5, 0.6) is 5.75 Å². The van der Waals surface area contributed by atoms with Crippen molar-refractivity contribution in [1.82, 2.24) is 5.32 Å². The molecule has 0 radical (unpaired) electrons. The smallest absolute Gasteiger partial charge is 0.175 e. The quantitative estimate of drug-likeness (QED) is 0.911. The Morgan fingerprint density at radius 1 is 1.12 bits per heavy atom. The summed E-state index contributed by atoms with van der Waals surface area (Å²) in [5.41, 5.74) is 3.11. The molecule has 0 aliphatic carbocycles. The maximum absolute atomic E-state index is 11.9. The molecule has 1 fully saturated rings. The van der Waals surface area contributed by atoms with Gasteiger partial charge in [0.25, 0.3) is 0 Å². The van der Waals surface area contributed by atoms with Crippen LogP contribution in [-0.4, -0.2) is 34.4 Å². The molecule has 2 aliphatic heterocycles. The Bertz CT molecular complexity index is 876. The van der Waals surface area contributed by atoms with Gasteiger partial charge in [-0.2, -0.15) is 0 Å². The molecular formula is C19H21NO3S. The van der Waals surface area contributed by atoms with Crippen molar-refractivity contribution in [2.75, 3.05) is 26.0 Å². The number of hydrogen-bond donors (Lipinski definition) is 1. The summed E-state index contributed by atoms with van der Waals surface area (Å²) in [6.45, 7) is 2.73. The third kappa shape index (κ3) is 2.72. The lowest BCUT2D eigenvalue weighted by atomic mass is 9.86. The van der Waals surface area contributed by atoms with E-state index in [-0.39, 0.29) is 0 Å². The molecule has 2 atom stereocenters. The first-order valence-corrected chi connectivity index (χ1v) is 10.2. The topological polar surface area (TPSA) is 55.4 Å². The van der Waals surface area contributed by atoms with Gasteiger partial charge in [0.05, 0.1) is 11.5 Å². The predicted molar refractivity (Wildman–Crippen MR) is 94.2 cm³/mol. The van der Waals surface area contributed by atoms with E-state index < -0.39 is 9.84 Å². The summed E-state index contributed by atoms with van der Waals surface area (Å²) in [6, 6.07) is 13.3. The first-order chi connectivity index (χ1) is 11.5. The van der Waals surface area contributed by atoms with Gasteiger partial charge in [-0.25, -0.2) is 8.42 Å². The van der Waals surface area contributed by atoms with Crippen LogP contribution in [0.3, 0.4) is 0 Å². The molecule has 0 amide bonds. The zero-order chi connectivity index (χ0) is 16.7. The van der Waals surface area contributed by atoms with Crippen molar-refractivity contribution in [3.05, 3.63) is 48.0 Å². The number of benzene rings is 2. The average Bonchev–Trinajstić information content (AvgIpc) is 2.95. The fraction of sp³-hybridized carbons (Fsp3) is 0.368. The average molecular weight is 343 g/mol. The van der Waals surface area contributed by atoms with Crippen LogP contribution in [0.1, 0.15) is 17.9 Å². The first kappa shape index (κ1) is 15.7. The minimum absolute atomic E-state index is 0.339. The molecule has 24 heavy (non-hydrogen) atoms. The highest BCUT2D eigenvalue weighted by Crippen LogP contribution is 2.43. The van der Waals surface area contributed by atoms with E-state index in [9.17, 15) is 8.42 Å². The van der Waals surface area contributed by atoms with Gasteiger partial charge in [-0.3, -0.25) is 0 Å². The molecule has 0 aromatic heterocycles. The van der Waals surface area contributed by atoms with Gasteiger partial charge in [0, 0.05) is 24.3 Å². The van der Waals surface area contributed by atoms with Gasteiger partial charge in [-0.1, -0.05) is 30.3 Å². The molecule has 0 bridgehead atoms. The number of hydrogen-bond acceptors (Lipinski definition) is 4. The molecule has 0 spiro atoms. The van der Waals surface area contributed by atoms with E-state index in [0.29, 0.717) is 23.3 Å². The molecule has 126 valence electrons. The third-order valence-corrected chi connectivity index (χ3v) is 6.20. The summed E-state index contributed by atoms with van der Waals surface area (Å²) >= 11 is 0. The molecule has 0 unspecified atom stereocenters. The number of nitrogens with one attached hydrogen (secondary N) is 1. The highest BCUT2D eigenvalue weighted by Gasteiger charge is 2.33. The molecule has 4 rings (SSSR count). The van der Waals surface area contributed by atoms with E-state index in [0.717, 1.165) is 36.4 Å². The summed E-state index contributed by atoms with van der Waals surface area (Å²) in [7, 11) is -3.23. The Morgan fingerprint density at radius 2 is 1.96 bits per heavy atom. The van der Waals surface area contributed by atoms with Gasteiger partial charge in [0.1, 0.15) is 5.75 Å². The Morgan fingerprint density at radius 3 is 2.79 bits per heavy atom. The SMILES string of the molecule is CS(=O)(=O)c1cccc(-c2cccc3c2OCC[C@@H]2CNC[C@@H]32)c1. The van der Waals surface area contributed by atoms with Crippen LogP contribution in [0.4, 0.5) is 0 Å². The van der Waals surface area contributed by atoms with Gasteiger partial charge in [0.2, 0.25) is 0 Å². The van der Waals surface area contributed by atoms with E-state index >= 15 is 0 Å². The minimum atomic E-state index is -3.23. The lowest BCUT2D eigenvalue weighted by molar-refractivity contribution is 0.297. The second kappa shape index (κ2) is 5.90. The number of sulfone groups is 1. The van der Waals surface area contributed by atoms with Crippen molar-refractivity contribution in [2.45, 2.75) is 17.2 Å². The van der Waals surface area contributed by atoms with Crippen molar-refractivity contribution in [3.8, 4) is 16.9 Å². The molecule has 2 aromatic rings. The Hall–Kier alpha value is -1.85. The summed E-state index contributed by atoms with van der Waals surface area (Å²) in [5.74, 6) is 2.00. The fourth-order valence-corrected chi connectivity index (χ4v) is 4.51. The number of fused-ring (bicyclic) bond motifs is 3. The summed E-state index contributed by atoms with van der Waals surface area (Å²) in [5, 5.41) is 3.49. The third-order valence-electron chi connectivity index (χ3n) is 5.09. The van der Waals surface area contributed by atoms with Gasteiger partial charge < -0.3 is 10.1 Å². The Balaban J connectivity index is 1.85. The second-order valence-corrected chi connectivity index (χ2v) is 8.70. The molecule has 4 nitrogen and oxygen atoms in total. The number of ether oxygens (including phenoxy) is 1. The highest BCUT2D eigenvalue weighted by atomic mass is 32.2. The van der Waals surface area contributed by atoms with Gasteiger partial charge in [-0.15, -0.1) is 0 Å². The minimum Gasteiger partial charge on any atom is -0.493 e. The molecule has 0 saturated carbocycles. The van der Waals surface area contributed by atoms with Crippen LogP contribution in [0.15, 0.2) is 47.4 Å². The normalized spacial score (nSPS) is 23.0. The van der Waals surface area contributed by atoms with Gasteiger partial charge in [-0.05, 0) is 42.1 Å². The van der Waals surface area contributed by atoms with Crippen molar-refractivity contribution in [2.24, 2.45) is 5.92 Å². The van der Waals surface area contributed by atoms with E-state index in [1.54, 1.807) is 18.2 Å². The highest BCUT2D eigenvalue weighted by molar-refractivity contribution is 7.90. The van der Waals surface area contributed by atoms with Crippen LogP contribution in [-0.2, 0) is 9.84 Å². The Kier molecular flexibility index (Phi) is 3.85. The largest absolute Gasteiger partial charge is 0.493 e. The second-order valence-electron chi connectivity index (χ2n) is 6.69. The van der Waals surface area contributed by atoms with E-state index in [1.807, 2.05) is 18.2 Å². The van der Waals surface area contributed by atoms with Crippen LogP contribution in [0.25, 0.3) is 11.1 Å². The molecule has 5 heteroatoms. The fourth-order valence-electron chi connectivity index (χ4n) is 3.84. The summed E-state index contributed by atoms with van der Waals surface area (Å²) < 4.78 is 29.9. The standard InChI is InChI=1S/C19H21NO3S/c1-24(21,22)15-5-2-4-13(10-15)16-6-3-7-17-18-12-20-11-14(18)8-9-23-19(16)17/h2-7,10,14,18,20H,8-9,11-12H2,1H3/t14-,18-/m1/s1. The van der Waals surface area contributed by atoms with Crippen LogP contribution in [0, 0.1) is 5.92 Å². The maximum Gasteiger partial charge on any atom is 0.175 e. The van der Waals surface area contributed by atoms with Gasteiger partial charge >= 0.3 is 0 Å². The molecule has 1 saturated heterocycles. The van der Waals surface area contributed by atoms with Crippen LogP contribution in [0.2, 0.25) is 0 Å². The Labute approximate surface area is 142 Å². The molecule has 1 N–H and O–H groups in total. The summed E-state index contributed by atoms with van der Waals surface area (Å²) in [6.07, 6.45) is 2.29. The van der Waals surface area contributed by atoms with Crippen molar-refractivity contribution < 1.29 is 13.2 Å². The summed E-state index contributed by atoms with van der Waals surface area (Å²) in [4.78, 5) is 0.339. The lowest BCUT2D eigenvalue weighted by Gasteiger charge is -2.18. The van der Waals surface area contributed by atoms with Crippen LogP contribution < -0.4 is 10.1 Å². The molecule has 2 aliphatic rings. The maximum atomic E-state index is 11.9. The predicted octanol–water partition coefficient (Wildman–Crippen LogP) is 2.84. The lowest BCUT2D eigenvalue weighted by Crippen LogP contribution is -2.11. The molecule has 2 heterocycles. The van der Waals surface area contributed by atoms with Crippen molar-refractivity contribution in [1.29, 1.82) is 0 Å². The monoisotopic (exact) mass is 343 g/mol. The van der Waals surface area contributed by atoms with Crippen molar-refractivity contribution in [3.63, 3.8) is 0 Å². The number of para-hydroxylation sites is 1. The molecule has 2 aromatic carbocycles. The zero-order valence-electron chi connectivity index (χ0n) is 13.7. The van der Waals surface area contributed by atoms with Crippen LogP contribution >= 0.6 is 0 Å².